The number of rotatable bonds is 1. The van der Waals surface area contributed by atoms with E-state index in [0.29, 0.717) is 0 Å². The summed E-state index contributed by atoms with van der Waals surface area (Å²) >= 11 is 3.31. The molecule has 0 saturated carbocycles. The van der Waals surface area contributed by atoms with Gasteiger partial charge in [0.1, 0.15) is 0 Å². The largest absolute Gasteiger partial charge is 0.369 e. The van der Waals surface area contributed by atoms with Gasteiger partial charge in [-0.05, 0) is 6.92 Å². The van der Waals surface area contributed by atoms with Gasteiger partial charge in [0, 0.05) is 5.33 Å². The first kappa shape index (κ1) is 4.60. The number of epoxide rings is 1. The molecule has 1 aliphatic heterocycles. The zero-order chi connectivity index (χ0) is 4.62. The molecule has 0 amide bonds. The summed E-state index contributed by atoms with van der Waals surface area (Å²) in [6, 6.07) is 0. The van der Waals surface area contributed by atoms with E-state index < -0.39 is 0 Å². The van der Waals surface area contributed by atoms with E-state index in [-0.39, 0.29) is 5.60 Å². The van der Waals surface area contributed by atoms with Crippen molar-refractivity contribution in [2.24, 2.45) is 0 Å². The smallest absolute Gasteiger partial charge is 0.0984 e. The van der Waals surface area contributed by atoms with E-state index in [1.54, 1.807) is 0 Å². The van der Waals surface area contributed by atoms with Gasteiger partial charge >= 0.3 is 0 Å². The molecule has 1 rings (SSSR count). The lowest BCUT2D eigenvalue weighted by molar-refractivity contribution is 0.349. The molecule has 36 valence electrons. The van der Waals surface area contributed by atoms with Crippen molar-refractivity contribution in [3.05, 3.63) is 0 Å². The summed E-state index contributed by atoms with van der Waals surface area (Å²) in [5, 5.41) is 0.972. The van der Waals surface area contributed by atoms with E-state index in [1.807, 2.05) is 0 Å². The molecular formula is C4H7BrO. The second kappa shape index (κ2) is 1.20. The van der Waals surface area contributed by atoms with Gasteiger partial charge in [0.25, 0.3) is 0 Å². The van der Waals surface area contributed by atoms with Crippen LogP contribution in [0, 0.1) is 0 Å². The van der Waals surface area contributed by atoms with Gasteiger partial charge in [-0.3, -0.25) is 0 Å². The van der Waals surface area contributed by atoms with Crippen LogP contribution in [0.3, 0.4) is 0 Å². The van der Waals surface area contributed by atoms with Crippen LogP contribution in [-0.4, -0.2) is 17.5 Å². The van der Waals surface area contributed by atoms with Crippen molar-refractivity contribution in [3.63, 3.8) is 0 Å². The summed E-state index contributed by atoms with van der Waals surface area (Å²) < 4.78 is 5.00. The normalized spacial score (nSPS) is 43.0. The SMILES string of the molecule is C[C@@]1(CBr)CO1. The zero-order valence-corrected chi connectivity index (χ0v) is 5.29. The number of ether oxygens (including phenoxy) is 1. The second-order valence-electron chi connectivity index (χ2n) is 1.87. The van der Waals surface area contributed by atoms with E-state index >= 15 is 0 Å². The Bertz CT molecular complexity index is 58.6. The molecule has 0 bridgehead atoms. The lowest BCUT2D eigenvalue weighted by atomic mass is 10.3. The molecular weight excluding hydrogens is 144 g/mol. The molecule has 1 heterocycles. The van der Waals surface area contributed by atoms with Crippen molar-refractivity contribution in [1.29, 1.82) is 0 Å². The van der Waals surface area contributed by atoms with Gasteiger partial charge in [-0.15, -0.1) is 0 Å². The number of halogens is 1. The minimum Gasteiger partial charge on any atom is -0.369 e. The van der Waals surface area contributed by atoms with Gasteiger partial charge in [0.15, 0.2) is 0 Å². The van der Waals surface area contributed by atoms with Crippen LogP contribution >= 0.6 is 15.9 Å². The Hall–Kier alpha value is 0.440. The van der Waals surface area contributed by atoms with Crippen molar-refractivity contribution in [1.82, 2.24) is 0 Å². The summed E-state index contributed by atoms with van der Waals surface area (Å²) in [6.07, 6.45) is 0. The minimum atomic E-state index is 0.208. The van der Waals surface area contributed by atoms with Crippen molar-refractivity contribution in [3.8, 4) is 0 Å². The summed E-state index contributed by atoms with van der Waals surface area (Å²) in [5.41, 5.74) is 0.208. The van der Waals surface area contributed by atoms with Gasteiger partial charge in [-0.25, -0.2) is 0 Å². The van der Waals surface area contributed by atoms with Crippen LogP contribution in [0.4, 0.5) is 0 Å². The summed E-state index contributed by atoms with van der Waals surface area (Å²) in [6.45, 7) is 3.01. The van der Waals surface area contributed by atoms with Crippen molar-refractivity contribution >= 4 is 15.9 Å². The van der Waals surface area contributed by atoms with Crippen molar-refractivity contribution in [2.45, 2.75) is 12.5 Å². The third-order valence-electron chi connectivity index (χ3n) is 0.920. The molecule has 0 aliphatic carbocycles. The Balaban J connectivity index is 2.28. The van der Waals surface area contributed by atoms with Crippen LogP contribution in [0.15, 0.2) is 0 Å². The Morgan fingerprint density at radius 1 is 2.00 bits per heavy atom. The fourth-order valence-corrected chi connectivity index (χ4v) is 0.524. The molecule has 0 aromatic rings. The molecule has 2 heteroatoms. The fourth-order valence-electron chi connectivity index (χ4n) is 0.200. The molecule has 0 N–H and O–H groups in total. The first-order valence-corrected chi connectivity index (χ1v) is 3.09. The number of hydrogen-bond donors (Lipinski definition) is 0. The predicted octanol–water partition coefficient (Wildman–Crippen LogP) is 1.17. The van der Waals surface area contributed by atoms with Crippen LogP contribution in [0.2, 0.25) is 0 Å². The van der Waals surface area contributed by atoms with Crippen LogP contribution in [-0.2, 0) is 4.74 Å². The maximum atomic E-state index is 5.00. The maximum absolute atomic E-state index is 5.00. The van der Waals surface area contributed by atoms with Crippen LogP contribution in [0.1, 0.15) is 6.92 Å². The molecule has 6 heavy (non-hydrogen) atoms. The molecule has 1 saturated heterocycles. The van der Waals surface area contributed by atoms with Crippen molar-refractivity contribution in [2.75, 3.05) is 11.9 Å². The quantitative estimate of drug-likeness (QED) is 0.404. The third kappa shape index (κ3) is 0.738. The van der Waals surface area contributed by atoms with E-state index in [9.17, 15) is 0 Å². The molecule has 1 aliphatic rings. The van der Waals surface area contributed by atoms with E-state index in [4.69, 9.17) is 4.74 Å². The van der Waals surface area contributed by atoms with Gasteiger partial charge in [0.2, 0.25) is 0 Å². The summed E-state index contributed by atoms with van der Waals surface area (Å²) in [7, 11) is 0. The maximum Gasteiger partial charge on any atom is 0.0984 e. The zero-order valence-electron chi connectivity index (χ0n) is 3.70. The van der Waals surface area contributed by atoms with Gasteiger partial charge in [0.05, 0.1) is 12.2 Å². The first-order valence-electron chi connectivity index (χ1n) is 1.97. The third-order valence-corrected chi connectivity index (χ3v) is 2.11. The molecule has 0 spiro atoms. The Morgan fingerprint density at radius 3 is 2.50 bits per heavy atom. The fraction of sp³-hybridized carbons (Fsp3) is 1.00. The van der Waals surface area contributed by atoms with Crippen LogP contribution < -0.4 is 0 Å². The van der Waals surface area contributed by atoms with Gasteiger partial charge in [-0.2, -0.15) is 0 Å². The minimum absolute atomic E-state index is 0.208. The topological polar surface area (TPSA) is 12.5 Å². The molecule has 1 nitrogen and oxygen atoms in total. The molecule has 1 atom stereocenters. The second-order valence-corrected chi connectivity index (χ2v) is 2.43. The highest BCUT2D eigenvalue weighted by Gasteiger charge is 2.37. The van der Waals surface area contributed by atoms with Gasteiger partial charge < -0.3 is 4.74 Å². The molecule has 0 radical (unpaired) electrons. The Labute approximate surface area is 45.8 Å². The Kier molecular flexibility index (Phi) is 0.922. The number of hydrogen-bond acceptors (Lipinski definition) is 1. The van der Waals surface area contributed by atoms with Crippen molar-refractivity contribution < 1.29 is 4.74 Å². The highest BCUT2D eigenvalue weighted by Crippen LogP contribution is 2.27. The molecule has 1 fully saturated rings. The average molecular weight is 151 g/mol. The first-order chi connectivity index (χ1) is 2.77. The number of alkyl halides is 1. The summed E-state index contributed by atoms with van der Waals surface area (Å²) in [5.74, 6) is 0. The standard InChI is InChI=1S/C4H7BrO/c1-4(2-5)3-6-4/h2-3H2,1H3/t4-/m1/s1. The highest BCUT2D eigenvalue weighted by atomic mass is 79.9. The predicted molar refractivity (Wildman–Crippen MR) is 28.2 cm³/mol. The summed E-state index contributed by atoms with van der Waals surface area (Å²) in [4.78, 5) is 0. The highest BCUT2D eigenvalue weighted by molar-refractivity contribution is 9.09. The monoisotopic (exact) mass is 150 g/mol. The van der Waals surface area contributed by atoms with E-state index in [2.05, 4.69) is 22.9 Å². The molecule has 0 aromatic heterocycles. The average Bonchev–Trinajstić information content (AvgIpc) is 2.22. The Morgan fingerprint density at radius 2 is 2.50 bits per heavy atom. The molecule has 0 unspecified atom stereocenters. The van der Waals surface area contributed by atoms with Crippen LogP contribution in [0.25, 0.3) is 0 Å². The molecule has 0 aromatic carbocycles. The lowest BCUT2D eigenvalue weighted by Crippen LogP contribution is -2.03. The van der Waals surface area contributed by atoms with Gasteiger partial charge in [-0.1, -0.05) is 15.9 Å². The van der Waals surface area contributed by atoms with Crippen LogP contribution in [0.5, 0.6) is 0 Å². The van der Waals surface area contributed by atoms with E-state index in [0.717, 1.165) is 11.9 Å². The van der Waals surface area contributed by atoms with E-state index in [1.165, 1.54) is 0 Å². The lowest BCUT2D eigenvalue weighted by Gasteiger charge is -1.90.